The summed E-state index contributed by atoms with van der Waals surface area (Å²) in [5.41, 5.74) is 10.1. The molecule has 1 aliphatic rings. The molecule has 0 unspecified atom stereocenters. The maximum atomic E-state index is 2.49. The van der Waals surface area contributed by atoms with E-state index in [2.05, 4.69) is 179 Å². The van der Waals surface area contributed by atoms with Crippen molar-refractivity contribution in [2.24, 2.45) is 0 Å². The van der Waals surface area contributed by atoms with Crippen LogP contribution < -0.4 is 4.90 Å². The van der Waals surface area contributed by atoms with Gasteiger partial charge in [0.1, 0.15) is 0 Å². The first-order valence-corrected chi connectivity index (χ1v) is 17.8. The minimum absolute atomic E-state index is 0.984. The molecule has 0 aliphatic heterocycles. The second kappa shape index (κ2) is 11.4. The van der Waals surface area contributed by atoms with E-state index in [1.807, 2.05) is 11.3 Å². The highest BCUT2D eigenvalue weighted by Crippen LogP contribution is 2.45. The Morgan fingerprint density at radius 2 is 1.18 bits per heavy atom. The molecule has 2 heterocycles. The number of rotatable bonds is 5. The summed E-state index contributed by atoms with van der Waals surface area (Å²) in [6.07, 6.45) is 6.66. The van der Waals surface area contributed by atoms with Gasteiger partial charge in [-0.1, -0.05) is 109 Å². The van der Waals surface area contributed by atoms with Crippen LogP contribution in [0, 0.1) is 0 Å². The van der Waals surface area contributed by atoms with E-state index in [0.717, 1.165) is 24.2 Å². The van der Waals surface area contributed by atoms with Gasteiger partial charge in [-0.15, -0.1) is 11.3 Å². The molecule has 0 bridgehead atoms. The van der Waals surface area contributed by atoms with E-state index in [4.69, 9.17) is 0 Å². The van der Waals surface area contributed by atoms with E-state index in [1.165, 1.54) is 75.3 Å². The average molecular weight is 645 g/mol. The van der Waals surface area contributed by atoms with Crippen molar-refractivity contribution in [3.8, 4) is 0 Å². The zero-order valence-electron chi connectivity index (χ0n) is 26.9. The average Bonchev–Trinajstić information content (AvgIpc) is 3.71. The Hall–Kier alpha value is -5.90. The normalized spacial score (nSPS) is 13.4. The molecule has 1 aliphatic carbocycles. The highest BCUT2D eigenvalue weighted by atomic mass is 32.1. The molecule has 10 rings (SSSR count). The van der Waals surface area contributed by atoms with Crippen LogP contribution in [0.15, 0.2) is 170 Å². The number of hydrogen-bond acceptors (Lipinski definition) is 2. The number of fused-ring (bicyclic) bond motifs is 7. The molecule has 2 aromatic heterocycles. The number of hydrogen-bond donors (Lipinski definition) is 0. The Balaban J connectivity index is 1.04. The van der Waals surface area contributed by atoms with Crippen LogP contribution in [-0.4, -0.2) is 4.57 Å². The lowest BCUT2D eigenvalue weighted by Crippen LogP contribution is -2.10. The minimum atomic E-state index is 0.984. The first kappa shape index (κ1) is 28.1. The van der Waals surface area contributed by atoms with E-state index in [-0.39, 0.29) is 0 Å². The number of aromatic nitrogens is 1. The molecule has 0 saturated heterocycles. The summed E-state index contributed by atoms with van der Waals surface area (Å²) in [5.74, 6) is 0. The van der Waals surface area contributed by atoms with Crippen LogP contribution in [-0.2, 0) is 0 Å². The van der Waals surface area contributed by atoms with Crippen LogP contribution in [0.25, 0.3) is 64.0 Å². The molecular formula is C46H32N2S. The standard InChI is InChI=1S/C46H32N2S/c1-2-13-35(14-3-1)47(43-19-10-17-40-39-16-7-9-20-45(39)49-46(40)43)36-25-21-31(22-26-36)32-23-27-37(28-24-32)48-42-18-8-6-15-38(42)41-29-33-11-4-5-12-34(33)30-44(41)48/h1-23,25-27,29-30H,24,28H2. The molecule has 0 atom stereocenters. The second-order valence-electron chi connectivity index (χ2n) is 12.9. The lowest BCUT2D eigenvalue weighted by molar-refractivity contribution is 0.992. The predicted octanol–water partition coefficient (Wildman–Crippen LogP) is 13.5. The Kier molecular flexibility index (Phi) is 6.53. The van der Waals surface area contributed by atoms with Gasteiger partial charge in [-0.2, -0.15) is 0 Å². The van der Waals surface area contributed by atoms with Crippen molar-refractivity contribution in [3.63, 3.8) is 0 Å². The van der Waals surface area contributed by atoms with Gasteiger partial charge in [-0.25, -0.2) is 0 Å². The van der Waals surface area contributed by atoms with E-state index in [9.17, 15) is 0 Å². The summed E-state index contributed by atoms with van der Waals surface area (Å²) in [6.45, 7) is 0. The van der Waals surface area contributed by atoms with Gasteiger partial charge in [-0.05, 0) is 95.4 Å². The lowest BCUT2D eigenvalue weighted by Gasteiger charge is -2.26. The lowest BCUT2D eigenvalue weighted by atomic mass is 9.95. The van der Waals surface area contributed by atoms with E-state index >= 15 is 0 Å². The molecule has 0 saturated carbocycles. The smallest absolute Gasteiger partial charge is 0.0640 e. The van der Waals surface area contributed by atoms with Crippen LogP contribution >= 0.6 is 11.3 Å². The quantitative estimate of drug-likeness (QED) is 0.181. The van der Waals surface area contributed by atoms with Crippen LogP contribution in [0.4, 0.5) is 17.1 Å². The highest BCUT2D eigenvalue weighted by molar-refractivity contribution is 7.26. The van der Waals surface area contributed by atoms with Gasteiger partial charge in [0.05, 0.1) is 21.4 Å². The largest absolute Gasteiger partial charge is 0.313 e. The van der Waals surface area contributed by atoms with Crippen LogP contribution in [0.1, 0.15) is 18.4 Å². The summed E-state index contributed by atoms with van der Waals surface area (Å²) >= 11 is 1.87. The third-order valence-corrected chi connectivity index (χ3v) is 11.3. The molecule has 0 fully saturated rings. The zero-order valence-corrected chi connectivity index (χ0v) is 27.7. The van der Waals surface area contributed by atoms with Crippen LogP contribution in [0.3, 0.4) is 0 Å². The molecule has 49 heavy (non-hydrogen) atoms. The van der Waals surface area contributed by atoms with Gasteiger partial charge in [0.25, 0.3) is 0 Å². The van der Waals surface area contributed by atoms with E-state index in [0.29, 0.717) is 0 Å². The topological polar surface area (TPSA) is 8.17 Å². The number of nitrogens with zero attached hydrogens (tertiary/aromatic N) is 2. The maximum absolute atomic E-state index is 2.49. The zero-order chi connectivity index (χ0) is 32.3. The third-order valence-electron chi connectivity index (χ3n) is 10.1. The molecule has 3 heteroatoms. The number of anilines is 3. The van der Waals surface area contributed by atoms with Gasteiger partial charge >= 0.3 is 0 Å². The highest BCUT2D eigenvalue weighted by Gasteiger charge is 2.20. The number of benzene rings is 7. The maximum Gasteiger partial charge on any atom is 0.0640 e. The summed E-state index contributed by atoms with van der Waals surface area (Å²) in [4.78, 5) is 2.40. The van der Waals surface area contributed by atoms with Crippen molar-refractivity contribution >= 4 is 92.4 Å². The number of thiophene rings is 1. The molecule has 0 spiro atoms. The van der Waals surface area contributed by atoms with Gasteiger partial charge < -0.3 is 9.47 Å². The second-order valence-corrected chi connectivity index (χ2v) is 13.9. The number of allylic oxidation sites excluding steroid dienone is 4. The van der Waals surface area contributed by atoms with Gasteiger partial charge in [0, 0.05) is 43.3 Å². The fourth-order valence-corrected chi connectivity index (χ4v) is 8.96. The molecule has 232 valence electrons. The van der Waals surface area contributed by atoms with Gasteiger partial charge in [0.15, 0.2) is 0 Å². The molecule has 0 N–H and O–H groups in total. The third kappa shape index (κ3) is 4.62. The Bertz CT molecular complexity index is 2760. The van der Waals surface area contributed by atoms with Crippen molar-refractivity contribution < 1.29 is 0 Å². The van der Waals surface area contributed by atoms with Crippen molar-refractivity contribution in [1.82, 2.24) is 4.57 Å². The first-order valence-electron chi connectivity index (χ1n) is 17.0. The predicted molar refractivity (Wildman–Crippen MR) is 212 cm³/mol. The van der Waals surface area contributed by atoms with E-state index in [1.54, 1.807) is 0 Å². The van der Waals surface area contributed by atoms with E-state index < -0.39 is 0 Å². The monoisotopic (exact) mass is 644 g/mol. The van der Waals surface area contributed by atoms with Crippen molar-refractivity contribution in [2.75, 3.05) is 4.90 Å². The van der Waals surface area contributed by atoms with Crippen molar-refractivity contribution in [3.05, 3.63) is 175 Å². The summed E-state index contributed by atoms with van der Waals surface area (Å²) < 4.78 is 5.11. The van der Waals surface area contributed by atoms with Crippen LogP contribution in [0.2, 0.25) is 0 Å². The molecule has 2 nitrogen and oxygen atoms in total. The fraction of sp³-hybridized carbons (Fsp3) is 0.0435. The Morgan fingerprint density at radius 1 is 0.490 bits per heavy atom. The van der Waals surface area contributed by atoms with Gasteiger partial charge in [0.2, 0.25) is 0 Å². The van der Waals surface area contributed by atoms with Crippen molar-refractivity contribution in [2.45, 2.75) is 12.8 Å². The fourth-order valence-electron chi connectivity index (χ4n) is 7.75. The molecule has 0 radical (unpaired) electrons. The summed E-state index contributed by atoms with van der Waals surface area (Å²) in [5, 5.41) is 7.81. The Labute approximate surface area is 289 Å². The molecular weight excluding hydrogens is 613 g/mol. The Morgan fingerprint density at radius 3 is 2.00 bits per heavy atom. The van der Waals surface area contributed by atoms with Crippen LogP contribution in [0.5, 0.6) is 0 Å². The van der Waals surface area contributed by atoms with Gasteiger partial charge in [-0.3, -0.25) is 0 Å². The minimum Gasteiger partial charge on any atom is -0.313 e. The molecule has 0 amide bonds. The SMILES string of the molecule is C1=C(c2ccc(N(c3ccccc3)c3cccc4c3sc3ccccc34)cc2)CCC(n2c3ccccc3c3cc4ccccc4cc32)=C1. The first-order chi connectivity index (χ1) is 24.3. The summed E-state index contributed by atoms with van der Waals surface area (Å²) in [7, 11) is 0. The van der Waals surface area contributed by atoms with Crippen molar-refractivity contribution in [1.29, 1.82) is 0 Å². The summed E-state index contributed by atoms with van der Waals surface area (Å²) in [6, 6.07) is 57.6. The number of para-hydroxylation sites is 2. The molecule has 9 aromatic rings. The molecule has 7 aromatic carbocycles.